The SMILES string of the molecule is C=C(I)CC(CC=O)(C(=O)OCC)C(=O)OCC. The molecule has 0 rings (SSSR count). The molecule has 18 heavy (non-hydrogen) atoms. The van der Waals surface area contributed by atoms with Crippen LogP contribution in [0.5, 0.6) is 0 Å². The van der Waals surface area contributed by atoms with Crippen LogP contribution < -0.4 is 0 Å². The monoisotopic (exact) mass is 368 g/mol. The van der Waals surface area contributed by atoms with E-state index in [0.29, 0.717) is 9.87 Å². The predicted octanol–water partition coefficient (Wildman–Crippen LogP) is 2.03. The van der Waals surface area contributed by atoms with Crippen LogP contribution in [0.3, 0.4) is 0 Å². The van der Waals surface area contributed by atoms with Crippen molar-refractivity contribution in [1.29, 1.82) is 0 Å². The molecule has 0 N–H and O–H groups in total. The number of carbonyl (C=O) groups excluding carboxylic acids is 3. The first-order chi connectivity index (χ1) is 8.44. The summed E-state index contributed by atoms with van der Waals surface area (Å²) in [6, 6.07) is 0. The molecule has 6 heteroatoms. The highest BCUT2D eigenvalue weighted by Gasteiger charge is 2.48. The number of allylic oxidation sites excluding steroid dienone is 1. The molecule has 0 bridgehead atoms. The Hall–Kier alpha value is -0.920. The summed E-state index contributed by atoms with van der Waals surface area (Å²) in [6.45, 7) is 7.19. The Morgan fingerprint density at radius 3 is 1.94 bits per heavy atom. The lowest BCUT2D eigenvalue weighted by atomic mass is 9.81. The highest BCUT2D eigenvalue weighted by molar-refractivity contribution is 14.1. The zero-order valence-electron chi connectivity index (χ0n) is 10.5. The number of aldehydes is 1. The van der Waals surface area contributed by atoms with Gasteiger partial charge >= 0.3 is 11.9 Å². The van der Waals surface area contributed by atoms with Gasteiger partial charge in [-0.2, -0.15) is 0 Å². The first kappa shape index (κ1) is 17.1. The Labute approximate surface area is 120 Å². The minimum Gasteiger partial charge on any atom is -0.465 e. The summed E-state index contributed by atoms with van der Waals surface area (Å²) in [4.78, 5) is 34.7. The molecule has 0 fully saturated rings. The van der Waals surface area contributed by atoms with Gasteiger partial charge < -0.3 is 14.3 Å². The number of rotatable bonds is 8. The zero-order chi connectivity index (χ0) is 14.2. The molecule has 0 saturated heterocycles. The van der Waals surface area contributed by atoms with Gasteiger partial charge in [0.05, 0.1) is 13.2 Å². The summed E-state index contributed by atoms with van der Waals surface area (Å²) in [6.07, 6.45) is 0.282. The normalized spacial score (nSPS) is 10.6. The molecule has 0 heterocycles. The van der Waals surface area contributed by atoms with Crippen molar-refractivity contribution in [1.82, 2.24) is 0 Å². The summed E-state index contributed by atoms with van der Waals surface area (Å²) in [7, 11) is 0. The number of ether oxygens (including phenoxy) is 2. The molecular weight excluding hydrogens is 351 g/mol. The van der Waals surface area contributed by atoms with Crippen LogP contribution in [0, 0.1) is 5.41 Å². The average Bonchev–Trinajstić information content (AvgIpc) is 2.28. The first-order valence-electron chi connectivity index (χ1n) is 5.56. The molecule has 0 unspecified atom stereocenters. The van der Waals surface area contributed by atoms with Crippen LogP contribution in [0.1, 0.15) is 26.7 Å². The third-order valence-corrected chi connectivity index (χ3v) is 2.64. The molecule has 0 aliphatic rings. The lowest BCUT2D eigenvalue weighted by Gasteiger charge is -2.26. The van der Waals surface area contributed by atoms with Gasteiger partial charge in [-0.15, -0.1) is 0 Å². The van der Waals surface area contributed by atoms with E-state index in [1.165, 1.54) is 0 Å². The van der Waals surface area contributed by atoms with Crippen molar-refractivity contribution in [3.8, 4) is 0 Å². The van der Waals surface area contributed by atoms with E-state index in [4.69, 9.17) is 9.47 Å². The fourth-order valence-corrected chi connectivity index (χ4v) is 2.13. The van der Waals surface area contributed by atoms with E-state index in [1.54, 1.807) is 13.8 Å². The van der Waals surface area contributed by atoms with Crippen LogP contribution in [-0.2, 0) is 23.9 Å². The molecule has 0 saturated carbocycles. The summed E-state index contributed by atoms with van der Waals surface area (Å²) < 4.78 is 10.3. The van der Waals surface area contributed by atoms with E-state index in [9.17, 15) is 14.4 Å². The van der Waals surface area contributed by atoms with Crippen molar-refractivity contribution in [2.45, 2.75) is 26.7 Å². The maximum absolute atomic E-state index is 12.0. The topological polar surface area (TPSA) is 69.7 Å². The number of carbonyl (C=O) groups is 3. The molecule has 0 aromatic carbocycles. The van der Waals surface area contributed by atoms with Crippen LogP contribution in [0.15, 0.2) is 10.2 Å². The summed E-state index contributed by atoms with van der Waals surface area (Å²) in [5, 5.41) is 0. The largest absolute Gasteiger partial charge is 0.465 e. The van der Waals surface area contributed by atoms with Gasteiger partial charge in [-0.25, -0.2) is 0 Å². The molecule has 5 nitrogen and oxygen atoms in total. The van der Waals surface area contributed by atoms with Gasteiger partial charge in [-0.3, -0.25) is 9.59 Å². The van der Waals surface area contributed by atoms with Gasteiger partial charge in [-0.1, -0.05) is 6.58 Å². The fourth-order valence-electron chi connectivity index (χ4n) is 1.47. The Morgan fingerprint density at radius 1 is 1.22 bits per heavy atom. The number of hydrogen-bond acceptors (Lipinski definition) is 5. The van der Waals surface area contributed by atoms with Crippen molar-refractivity contribution < 1.29 is 23.9 Å². The molecule has 0 aromatic rings. The van der Waals surface area contributed by atoms with Crippen molar-refractivity contribution in [2.75, 3.05) is 13.2 Å². The molecular formula is C12H17IO5. The molecule has 0 amide bonds. The van der Waals surface area contributed by atoms with E-state index in [1.807, 2.05) is 22.6 Å². The summed E-state index contributed by atoms with van der Waals surface area (Å²) in [5.74, 6) is -1.48. The lowest BCUT2D eigenvalue weighted by Crippen LogP contribution is -2.42. The Kier molecular flexibility index (Phi) is 7.81. The van der Waals surface area contributed by atoms with Crippen molar-refractivity contribution in [3.63, 3.8) is 0 Å². The third kappa shape index (κ3) is 4.40. The maximum Gasteiger partial charge on any atom is 0.324 e. The van der Waals surface area contributed by atoms with Crippen molar-refractivity contribution in [3.05, 3.63) is 10.2 Å². The first-order valence-corrected chi connectivity index (χ1v) is 6.63. The smallest absolute Gasteiger partial charge is 0.324 e. The van der Waals surface area contributed by atoms with Crippen molar-refractivity contribution in [2.24, 2.45) is 5.41 Å². The molecule has 0 aliphatic heterocycles. The zero-order valence-corrected chi connectivity index (χ0v) is 12.7. The van der Waals surface area contributed by atoms with E-state index < -0.39 is 17.4 Å². The quantitative estimate of drug-likeness (QED) is 0.284. The average molecular weight is 368 g/mol. The lowest BCUT2D eigenvalue weighted by molar-refractivity contribution is -0.173. The Morgan fingerprint density at radius 2 is 1.67 bits per heavy atom. The highest BCUT2D eigenvalue weighted by Crippen LogP contribution is 2.34. The number of hydrogen-bond donors (Lipinski definition) is 0. The highest BCUT2D eigenvalue weighted by atomic mass is 127. The number of esters is 2. The van der Waals surface area contributed by atoms with E-state index in [2.05, 4.69) is 6.58 Å². The fraction of sp³-hybridized carbons (Fsp3) is 0.583. The van der Waals surface area contributed by atoms with Gasteiger partial charge in [0.2, 0.25) is 0 Å². The molecule has 0 spiro atoms. The van der Waals surface area contributed by atoms with E-state index in [0.717, 1.165) is 0 Å². The number of halogens is 1. The van der Waals surface area contributed by atoms with Gasteiger partial charge in [-0.05, 0) is 40.0 Å². The van der Waals surface area contributed by atoms with Crippen molar-refractivity contribution >= 4 is 40.8 Å². The second kappa shape index (κ2) is 8.23. The molecule has 0 aliphatic carbocycles. The van der Waals surface area contributed by atoms with Crippen LogP contribution in [0.25, 0.3) is 0 Å². The van der Waals surface area contributed by atoms with E-state index >= 15 is 0 Å². The second-order valence-corrected chi connectivity index (χ2v) is 5.11. The Balaban J connectivity index is 5.38. The van der Waals surface area contributed by atoms with Crippen LogP contribution in [0.2, 0.25) is 0 Å². The second-order valence-electron chi connectivity index (χ2n) is 3.59. The van der Waals surface area contributed by atoms with Gasteiger partial charge in [0.1, 0.15) is 6.29 Å². The van der Waals surface area contributed by atoms with Crippen LogP contribution in [-0.4, -0.2) is 31.4 Å². The molecule has 0 radical (unpaired) electrons. The third-order valence-electron chi connectivity index (χ3n) is 2.26. The standard InChI is InChI=1S/C12H17IO5/c1-4-17-10(15)12(6-7-14,8-9(3)13)11(16)18-5-2/h7H,3-6,8H2,1-2H3. The van der Waals surface area contributed by atoms with Gasteiger partial charge in [0.15, 0.2) is 5.41 Å². The molecule has 0 atom stereocenters. The summed E-state index contributed by atoms with van der Waals surface area (Å²) in [5.41, 5.74) is -1.61. The maximum atomic E-state index is 12.0. The van der Waals surface area contributed by atoms with Crippen LogP contribution >= 0.6 is 22.6 Å². The predicted molar refractivity (Wildman–Crippen MR) is 74.2 cm³/mol. The summed E-state index contributed by atoms with van der Waals surface area (Å²) >= 11 is 1.90. The van der Waals surface area contributed by atoms with E-state index in [-0.39, 0.29) is 26.1 Å². The minimum atomic E-state index is -1.61. The Bertz CT molecular complexity index is 319. The van der Waals surface area contributed by atoms with Crippen LogP contribution in [0.4, 0.5) is 0 Å². The molecule has 102 valence electrons. The molecule has 0 aromatic heterocycles. The van der Waals surface area contributed by atoms with Gasteiger partial charge in [0.25, 0.3) is 0 Å². The van der Waals surface area contributed by atoms with Gasteiger partial charge in [0, 0.05) is 12.8 Å². The minimum absolute atomic E-state index is 0.0317.